The average molecular weight is 462 g/mol. The zero-order valence-corrected chi connectivity index (χ0v) is 18.0. The van der Waals surface area contributed by atoms with Gasteiger partial charge in [0.15, 0.2) is 0 Å². The van der Waals surface area contributed by atoms with Crippen LogP contribution in [-0.2, 0) is 20.6 Å². The fourth-order valence-electron chi connectivity index (χ4n) is 3.12. The van der Waals surface area contributed by atoms with Gasteiger partial charge in [0.1, 0.15) is 0 Å². The van der Waals surface area contributed by atoms with Gasteiger partial charge in [-0.15, -0.1) is 0 Å². The summed E-state index contributed by atoms with van der Waals surface area (Å²) >= 11 is 18.0. The Balaban J connectivity index is 1.59. The molecule has 0 unspecified atom stereocenters. The highest BCUT2D eigenvalue weighted by molar-refractivity contribution is 7.88. The SMILES string of the molecule is O=C(Nc1ccccc1Cl)C1CCN(S(=O)(=O)Cc2ccc(Cl)cc2Cl)CC1. The summed E-state index contributed by atoms with van der Waals surface area (Å²) < 4.78 is 26.9. The number of para-hydroxylation sites is 1. The molecule has 0 saturated carbocycles. The molecule has 1 heterocycles. The van der Waals surface area contributed by atoms with E-state index in [0.717, 1.165) is 0 Å². The van der Waals surface area contributed by atoms with Crippen molar-refractivity contribution < 1.29 is 13.2 Å². The van der Waals surface area contributed by atoms with Crippen molar-refractivity contribution in [1.29, 1.82) is 0 Å². The van der Waals surface area contributed by atoms with Gasteiger partial charge in [0.25, 0.3) is 0 Å². The van der Waals surface area contributed by atoms with Gasteiger partial charge in [0, 0.05) is 29.1 Å². The summed E-state index contributed by atoms with van der Waals surface area (Å²) in [5.41, 5.74) is 1.06. The van der Waals surface area contributed by atoms with E-state index in [2.05, 4.69) is 5.32 Å². The Morgan fingerprint density at radius 1 is 1.04 bits per heavy atom. The standard InChI is InChI=1S/C19H19Cl3N2O3S/c20-15-6-5-14(17(22)11-15)12-28(26,27)24-9-7-13(8-10-24)19(25)23-18-4-2-1-3-16(18)21/h1-6,11,13H,7-10,12H2,(H,23,25). The van der Waals surface area contributed by atoms with E-state index < -0.39 is 10.0 Å². The number of carbonyl (C=O) groups excluding carboxylic acids is 1. The number of halogens is 3. The smallest absolute Gasteiger partial charge is 0.227 e. The van der Waals surface area contributed by atoms with E-state index in [1.54, 1.807) is 36.4 Å². The van der Waals surface area contributed by atoms with Crippen LogP contribution < -0.4 is 5.32 Å². The number of nitrogens with one attached hydrogen (secondary N) is 1. The van der Waals surface area contributed by atoms with E-state index in [1.807, 2.05) is 0 Å². The normalized spacial score (nSPS) is 16.1. The van der Waals surface area contributed by atoms with Crippen LogP contribution in [-0.4, -0.2) is 31.7 Å². The van der Waals surface area contributed by atoms with Gasteiger partial charge in [0.05, 0.1) is 16.5 Å². The highest BCUT2D eigenvalue weighted by Crippen LogP contribution is 2.27. The summed E-state index contributed by atoms with van der Waals surface area (Å²) in [5, 5.41) is 4.06. The van der Waals surface area contributed by atoms with E-state index >= 15 is 0 Å². The predicted octanol–water partition coefficient (Wildman–Crippen LogP) is 4.83. The number of carbonyl (C=O) groups is 1. The van der Waals surface area contributed by atoms with Gasteiger partial charge in [-0.2, -0.15) is 0 Å². The molecule has 0 aliphatic carbocycles. The molecule has 1 N–H and O–H groups in total. The number of amides is 1. The van der Waals surface area contributed by atoms with Crippen molar-refractivity contribution in [3.8, 4) is 0 Å². The van der Waals surface area contributed by atoms with Crippen LogP contribution in [0.3, 0.4) is 0 Å². The van der Waals surface area contributed by atoms with E-state index in [-0.39, 0.29) is 30.7 Å². The largest absolute Gasteiger partial charge is 0.325 e. The number of hydrogen-bond acceptors (Lipinski definition) is 3. The fraction of sp³-hybridized carbons (Fsp3) is 0.316. The van der Waals surface area contributed by atoms with E-state index in [0.29, 0.717) is 39.2 Å². The Kier molecular flexibility index (Phi) is 6.89. The Bertz CT molecular complexity index is 974. The molecule has 2 aromatic rings. The molecule has 28 heavy (non-hydrogen) atoms. The number of rotatable bonds is 5. The van der Waals surface area contributed by atoms with Crippen molar-refractivity contribution in [2.24, 2.45) is 5.92 Å². The zero-order valence-electron chi connectivity index (χ0n) is 14.9. The number of benzene rings is 2. The number of hydrogen-bond donors (Lipinski definition) is 1. The number of anilines is 1. The minimum atomic E-state index is -3.53. The van der Waals surface area contributed by atoms with Crippen molar-refractivity contribution in [2.45, 2.75) is 18.6 Å². The summed E-state index contributed by atoms with van der Waals surface area (Å²) in [6.07, 6.45) is 0.897. The topological polar surface area (TPSA) is 66.5 Å². The third-order valence-electron chi connectivity index (χ3n) is 4.70. The first-order valence-corrected chi connectivity index (χ1v) is 11.5. The highest BCUT2D eigenvalue weighted by atomic mass is 35.5. The number of sulfonamides is 1. The van der Waals surface area contributed by atoms with Gasteiger partial charge in [-0.1, -0.05) is 53.0 Å². The lowest BCUT2D eigenvalue weighted by Crippen LogP contribution is -2.41. The molecule has 1 amide bonds. The van der Waals surface area contributed by atoms with Crippen molar-refractivity contribution in [3.63, 3.8) is 0 Å². The molecule has 1 aliphatic heterocycles. The molecule has 1 saturated heterocycles. The molecule has 0 bridgehead atoms. The van der Waals surface area contributed by atoms with Crippen LogP contribution in [0.2, 0.25) is 15.1 Å². The maximum Gasteiger partial charge on any atom is 0.227 e. The van der Waals surface area contributed by atoms with Gasteiger partial charge < -0.3 is 5.32 Å². The maximum absolute atomic E-state index is 12.7. The van der Waals surface area contributed by atoms with Crippen LogP contribution >= 0.6 is 34.8 Å². The van der Waals surface area contributed by atoms with E-state index in [9.17, 15) is 13.2 Å². The Labute approximate surface area is 179 Å². The van der Waals surface area contributed by atoms with E-state index in [1.165, 1.54) is 10.4 Å². The molecule has 3 rings (SSSR count). The second-order valence-corrected chi connectivity index (χ2v) is 9.85. The van der Waals surface area contributed by atoms with Crippen LogP contribution in [0.25, 0.3) is 0 Å². The van der Waals surface area contributed by atoms with Gasteiger partial charge in [0.2, 0.25) is 15.9 Å². The molecule has 5 nitrogen and oxygen atoms in total. The average Bonchev–Trinajstić information content (AvgIpc) is 2.66. The molecule has 1 aliphatic rings. The molecule has 150 valence electrons. The Morgan fingerprint density at radius 2 is 1.71 bits per heavy atom. The van der Waals surface area contributed by atoms with Crippen LogP contribution in [0, 0.1) is 5.92 Å². The molecule has 2 aromatic carbocycles. The summed E-state index contributed by atoms with van der Waals surface area (Å²) in [7, 11) is -3.53. The van der Waals surface area contributed by atoms with E-state index in [4.69, 9.17) is 34.8 Å². The highest BCUT2D eigenvalue weighted by Gasteiger charge is 2.31. The fourth-order valence-corrected chi connectivity index (χ4v) is 5.45. The quantitative estimate of drug-likeness (QED) is 0.693. The molecule has 0 spiro atoms. The summed E-state index contributed by atoms with van der Waals surface area (Å²) in [4.78, 5) is 12.5. The van der Waals surface area contributed by atoms with Crippen molar-refractivity contribution in [1.82, 2.24) is 4.31 Å². The van der Waals surface area contributed by atoms with Crippen molar-refractivity contribution in [2.75, 3.05) is 18.4 Å². The predicted molar refractivity (Wildman–Crippen MR) is 113 cm³/mol. The van der Waals surface area contributed by atoms with Gasteiger partial charge in [-0.05, 0) is 42.7 Å². The second-order valence-electron chi connectivity index (χ2n) is 6.63. The molecule has 0 atom stereocenters. The van der Waals surface area contributed by atoms with Crippen LogP contribution in [0.1, 0.15) is 18.4 Å². The Hall–Kier alpha value is -1.31. The second kappa shape index (κ2) is 9.01. The summed E-state index contributed by atoms with van der Waals surface area (Å²) in [5.74, 6) is -0.604. The third-order valence-corrected chi connectivity index (χ3v) is 7.45. The lowest BCUT2D eigenvalue weighted by molar-refractivity contribution is -0.120. The Morgan fingerprint density at radius 3 is 2.36 bits per heavy atom. The van der Waals surface area contributed by atoms with Crippen molar-refractivity contribution in [3.05, 3.63) is 63.1 Å². The molecule has 0 aromatic heterocycles. The van der Waals surface area contributed by atoms with Crippen molar-refractivity contribution >= 4 is 56.4 Å². The first-order valence-electron chi connectivity index (χ1n) is 8.73. The molecule has 9 heteroatoms. The minimum Gasteiger partial charge on any atom is -0.325 e. The third kappa shape index (κ3) is 5.19. The first-order chi connectivity index (χ1) is 13.3. The zero-order chi connectivity index (χ0) is 20.3. The van der Waals surface area contributed by atoms with Crippen LogP contribution in [0.4, 0.5) is 5.69 Å². The number of piperidine rings is 1. The lowest BCUT2D eigenvalue weighted by Gasteiger charge is -2.30. The van der Waals surface area contributed by atoms with Gasteiger partial charge in [-0.3, -0.25) is 4.79 Å². The monoisotopic (exact) mass is 460 g/mol. The molecular formula is C19H19Cl3N2O3S. The van der Waals surface area contributed by atoms with Crippen LogP contribution in [0.15, 0.2) is 42.5 Å². The van der Waals surface area contributed by atoms with Gasteiger partial charge >= 0.3 is 0 Å². The summed E-state index contributed by atoms with van der Waals surface area (Å²) in [6, 6.07) is 11.8. The summed E-state index contributed by atoms with van der Waals surface area (Å²) in [6.45, 7) is 0.572. The molecular weight excluding hydrogens is 443 g/mol. The molecule has 1 fully saturated rings. The lowest BCUT2D eigenvalue weighted by atomic mass is 9.97. The first kappa shape index (κ1) is 21.4. The van der Waals surface area contributed by atoms with Crippen LogP contribution in [0.5, 0.6) is 0 Å². The number of nitrogens with zero attached hydrogens (tertiary/aromatic N) is 1. The minimum absolute atomic E-state index is 0.147. The molecule has 0 radical (unpaired) electrons. The maximum atomic E-state index is 12.7. The van der Waals surface area contributed by atoms with Gasteiger partial charge in [-0.25, -0.2) is 12.7 Å².